The molecule has 0 aliphatic heterocycles. The molecule has 9 heteroatoms. The molecule has 0 aliphatic carbocycles. The topological polar surface area (TPSA) is 74.0 Å². The van der Waals surface area contributed by atoms with E-state index in [1.165, 1.54) is 4.68 Å². The molecule has 0 bridgehead atoms. The summed E-state index contributed by atoms with van der Waals surface area (Å²) < 4.78 is 9.13. The zero-order chi connectivity index (χ0) is 23.5. The summed E-state index contributed by atoms with van der Waals surface area (Å²) in [6, 6.07) is 14.8. The summed E-state index contributed by atoms with van der Waals surface area (Å²) in [4.78, 5) is 12.8. The number of amides is 1. The summed E-state index contributed by atoms with van der Waals surface area (Å²) in [6.45, 7) is 6.45. The van der Waals surface area contributed by atoms with Crippen molar-refractivity contribution in [1.82, 2.24) is 19.6 Å². The van der Waals surface area contributed by atoms with Gasteiger partial charge in [0.2, 0.25) is 0 Å². The zero-order valence-corrected chi connectivity index (χ0v) is 20.0. The van der Waals surface area contributed by atoms with Crippen LogP contribution in [-0.4, -0.2) is 25.5 Å². The maximum Gasteiger partial charge on any atom is 0.276 e. The summed E-state index contributed by atoms with van der Waals surface area (Å²) in [6.07, 6.45) is 1.68. The predicted molar refractivity (Wildman–Crippen MR) is 129 cm³/mol. The van der Waals surface area contributed by atoms with E-state index in [1.54, 1.807) is 18.3 Å². The van der Waals surface area contributed by atoms with Crippen molar-refractivity contribution in [3.8, 4) is 5.75 Å². The van der Waals surface area contributed by atoms with Crippen molar-refractivity contribution in [1.29, 1.82) is 0 Å². The minimum Gasteiger partial charge on any atom is -0.470 e. The van der Waals surface area contributed by atoms with Crippen molar-refractivity contribution >= 4 is 34.8 Å². The van der Waals surface area contributed by atoms with Gasteiger partial charge < -0.3 is 10.1 Å². The number of carbonyl (C=O) groups excluding carboxylic acids is 1. The van der Waals surface area contributed by atoms with Crippen molar-refractivity contribution < 1.29 is 9.53 Å². The highest BCUT2D eigenvalue weighted by Gasteiger charge is 2.17. The fourth-order valence-electron chi connectivity index (χ4n) is 3.38. The van der Waals surface area contributed by atoms with E-state index in [9.17, 15) is 4.79 Å². The first-order chi connectivity index (χ1) is 15.8. The van der Waals surface area contributed by atoms with Crippen LogP contribution >= 0.6 is 23.2 Å². The Bertz CT molecular complexity index is 1290. The number of aromatic nitrogens is 4. The summed E-state index contributed by atoms with van der Waals surface area (Å²) >= 11 is 12.1. The van der Waals surface area contributed by atoms with Crippen molar-refractivity contribution in [2.75, 3.05) is 5.32 Å². The largest absolute Gasteiger partial charge is 0.470 e. The molecule has 1 amide bonds. The third kappa shape index (κ3) is 5.38. The molecule has 0 radical (unpaired) electrons. The molecule has 0 saturated carbocycles. The lowest BCUT2D eigenvalue weighted by Gasteiger charge is -2.09. The van der Waals surface area contributed by atoms with Crippen LogP contribution < -0.4 is 10.1 Å². The first kappa shape index (κ1) is 22.9. The van der Waals surface area contributed by atoms with Crippen molar-refractivity contribution in [2.45, 2.75) is 34.0 Å². The van der Waals surface area contributed by atoms with E-state index in [4.69, 9.17) is 27.9 Å². The number of rotatable bonds is 7. The van der Waals surface area contributed by atoms with Crippen LogP contribution in [0.2, 0.25) is 10.0 Å². The maximum atomic E-state index is 12.8. The Kier molecular flexibility index (Phi) is 6.72. The normalized spacial score (nSPS) is 10.9. The molecule has 2 heterocycles. The Hall–Kier alpha value is -3.29. The van der Waals surface area contributed by atoms with Gasteiger partial charge in [-0.2, -0.15) is 10.2 Å². The number of hydrogen-bond donors (Lipinski definition) is 1. The van der Waals surface area contributed by atoms with Gasteiger partial charge in [-0.25, -0.2) is 4.68 Å². The van der Waals surface area contributed by atoms with Crippen LogP contribution in [0.25, 0.3) is 0 Å². The fourth-order valence-corrected chi connectivity index (χ4v) is 3.68. The number of nitrogens with zero attached hydrogens (tertiary/aromatic N) is 4. The molecule has 2 aromatic heterocycles. The van der Waals surface area contributed by atoms with Gasteiger partial charge in [-0.3, -0.25) is 9.48 Å². The number of anilines is 1. The third-order valence-electron chi connectivity index (χ3n) is 5.18. The second-order valence-corrected chi connectivity index (χ2v) is 8.58. The third-order valence-corrected chi connectivity index (χ3v) is 5.74. The number of benzene rings is 2. The number of hydrogen-bond acceptors (Lipinski definition) is 4. The Morgan fingerprint density at radius 1 is 1.03 bits per heavy atom. The van der Waals surface area contributed by atoms with Crippen LogP contribution in [0.4, 0.5) is 5.69 Å². The van der Waals surface area contributed by atoms with Gasteiger partial charge in [-0.15, -0.1) is 0 Å². The average molecular weight is 484 g/mol. The van der Waals surface area contributed by atoms with Gasteiger partial charge in [0.15, 0.2) is 12.4 Å². The lowest BCUT2D eigenvalue weighted by atomic mass is 10.2. The Labute approximate surface area is 201 Å². The molecular weight excluding hydrogens is 461 g/mol. The molecule has 4 aromatic rings. The van der Waals surface area contributed by atoms with Crippen molar-refractivity contribution in [3.05, 3.63) is 93.0 Å². The van der Waals surface area contributed by atoms with Crippen LogP contribution in [0, 0.1) is 20.8 Å². The number of halogens is 2. The van der Waals surface area contributed by atoms with E-state index < -0.39 is 0 Å². The predicted octanol–water partition coefficient (Wildman–Crippen LogP) is 5.65. The second-order valence-electron chi connectivity index (χ2n) is 7.73. The van der Waals surface area contributed by atoms with Gasteiger partial charge in [-0.05, 0) is 62.2 Å². The summed E-state index contributed by atoms with van der Waals surface area (Å²) in [5.74, 6) is 0.247. The standard InChI is InChI=1S/C24H23Cl2N5O2/c1-15-4-9-20(26)22(12-15)33-14-30-11-10-21(29-30)24(32)27-23-16(2)28-31(17(23)3)13-18-5-7-19(25)8-6-18/h4-12H,13-14H2,1-3H3,(H,27,32). The molecule has 0 atom stereocenters. The van der Waals surface area contributed by atoms with Gasteiger partial charge in [0.05, 0.1) is 28.6 Å². The van der Waals surface area contributed by atoms with Crippen LogP contribution in [0.3, 0.4) is 0 Å². The molecule has 1 N–H and O–H groups in total. The van der Waals surface area contributed by atoms with Gasteiger partial charge in [0.1, 0.15) is 5.75 Å². The number of nitrogens with one attached hydrogen (secondary N) is 1. The first-order valence-electron chi connectivity index (χ1n) is 10.3. The molecule has 33 heavy (non-hydrogen) atoms. The van der Waals surface area contributed by atoms with Crippen LogP contribution in [0.5, 0.6) is 5.75 Å². The molecule has 0 aliphatic rings. The quantitative estimate of drug-likeness (QED) is 0.368. The molecule has 4 rings (SSSR count). The first-order valence-corrected chi connectivity index (χ1v) is 11.1. The molecule has 0 saturated heterocycles. The fraction of sp³-hybridized carbons (Fsp3) is 0.208. The van der Waals surface area contributed by atoms with Crippen molar-refractivity contribution in [2.24, 2.45) is 0 Å². The molecular formula is C24H23Cl2N5O2. The van der Waals surface area contributed by atoms with Gasteiger partial charge >= 0.3 is 0 Å². The number of ether oxygens (including phenoxy) is 1. The van der Waals surface area contributed by atoms with Crippen LogP contribution in [-0.2, 0) is 13.3 Å². The monoisotopic (exact) mass is 483 g/mol. The molecule has 2 aromatic carbocycles. The SMILES string of the molecule is Cc1ccc(Cl)c(OCn2ccc(C(=O)Nc3c(C)nn(Cc4ccc(Cl)cc4)c3C)n2)c1. The van der Waals surface area contributed by atoms with E-state index in [1.807, 2.05) is 61.9 Å². The molecule has 0 unspecified atom stereocenters. The van der Waals surface area contributed by atoms with E-state index in [-0.39, 0.29) is 18.3 Å². The number of aryl methyl sites for hydroxylation is 2. The van der Waals surface area contributed by atoms with E-state index >= 15 is 0 Å². The minimum absolute atomic E-state index is 0.132. The summed E-state index contributed by atoms with van der Waals surface area (Å²) in [5, 5.41) is 13.0. The molecule has 0 spiro atoms. The van der Waals surface area contributed by atoms with Gasteiger partial charge in [0, 0.05) is 11.2 Å². The smallest absolute Gasteiger partial charge is 0.276 e. The van der Waals surface area contributed by atoms with Crippen LogP contribution in [0.15, 0.2) is 54.7 Å². The van der Waals surface area contributed by atoms with E-state index in [2.05, 4.69) is 15.5 Å². The summed E-state index contributed by atoms with van der Waals surface area (Å²) in [7, 11) is 0. The van der Waals surface area contributed by atoms with E-state index in [0.29, 0.717) is 28.0 Å². The van der Waals surface area contributed by atoms with Crippen LogP contribution in [0.1, 0.15) is 33.0 Å². The summed E-state index contributed by atoms with van der Waals surface area (Å²) in [5.41, 5.74) is 4.64. The average Bonchev–Trinajstić information content (AvgIpc) is 3.36. The maximum absolute atomic E-state index is 12.8. The van der Waals surface area contributed by atoms with Crippen molar-refractivity contribution in [3.63, 3.8) is 0 Å². The number of carbonyl (C=O) groups is 1. The minimum atomic E-state index is -0.320. The molecule has 170 valence electrons. The highest BCUT2D eigenvalue weighted by atomic mass is 35.5. The molecule has 7 nitrogen and oxygen atoms in total. The lowest BCUT2D eigenvalue weighted by Crippen LogP contribution is -2.15. The van der Waals surface area contributed by atoms with E-state index in [0.717, 1.165) is 22.5 Å². The highest BCUT2D eigenvalue weighted by Crippen LogP contribution is 2.25. The highest BCUT2D eigenvalue weighted by molar-refractivity contribution is 6.32. The second kappa shape index (κ2) is 9.68. The Morgan fingerprint density at radius 2 is 1.79 bits per heavy atom. The Morgan fingerprint density at radius 3 is 2.55 bits per heavy atom. The van der Waals surface area contributed by atoms with Gasteiger partial charge in [0.25, 0.3) is 5.91 Å². The van der Waals surface area contributed by atoms with Gasteiger partial charge in [-0.1, -0.05) is 41.4 Å². The lowest BCUT2D eigenvalue weighted by molar-refractivity contribution is 0.102. The Balaban J connectivity index is 1.42. The zero-order valence-electron chi connectivity index (χ0n) is 18.5. The molecule has 0 fully saturated rings.